The lowest BCUT2D eigenvalue weighted by molar-refractivity contribution is 0.463. The van der Waals surface area contributed by atoms with Gasteiger partial charge in [0.1, 0.15) is 12.7 Å². The van der Waals surface area contributed by atoms with E-state index in [0.717, 1.165) is 0 Å². The SMILES string of the molecule is Cc1nc(-n2cnnc2)ncc1O. The van der Waals surface area contributed by atoms with E-state index in [1.54, 1.807) is 11.5 Å². The standard InChI is InChI=1S/C7H7N5O/c1-5-6(13)2-8-7(11-5)12-3-9-10-4-12/h2-4,13H,1H3. The molecular formula is C7H7N5O. The van der Waals surface area contributed by atoms with Crippen molar-refractivity contribution in [1.82, 2.24) is 24.7 Å². The van der Waals surface area contributed by atoms with Crippen LogP contribution in [0.3, 0.4) is 0 Å². The Hall–Kier alpha value is -1.98. The van der Waals surface area contributed by atoms with Gasteiger partial charge in [0.25, 0.3) is 0 Å². The molecule has 0 amide bonds. The summed E-state index contributed by atoms with van der Waals surface area (Å²) in [4.78, 5) is 7.94. The molecule has 0 fully saturated rings. The van der Waals surface area contributed by atoms with Crippen molar-refractivity contribution < 1.29 is 5.11 Å². The minimum atomic E-state index is 0.0804. The van der Waals surface area contributed by atoms with Crippen molar-refractivity contribution in [3.8, 4) is 11.7 Å². The van der Waals surface area contributed by atoms with E-state index in [9.17, 15) is 5.11 Å². The Bertz CT molecular complexity index is 411. The van der Waals surface area contributed by atoms with Crippen molar-refractivity contribution >= 4 is 0 Å². The van der Waals surface area contributed by atoms with Crippen molar-refractivity contribution in [2.75, 3.05) is 0 Å². The van der Waals surface area contributed by atoms with Crippen LogP contribution in [0.1, 0.15) is 5.69 Å². The molecule has 0 aliphatic heterocycles. The van der Waals surface area contributed by atoms with E-state index >= 15 is 0 Å². The maximum atomic E-state index is 9.18. The number of rotatable bonds is 1. The van der Waals surface area contributed by atoms with Crippen LogP contribution in [0.4, 0.5) is 0 Å². The van der Waals surface area contributed by atoms with E-state index in [2.05, 4.69) is 20.2 Å². The number of aryl methyl sites for hydroxylation is 1. The average molecular weight is 177 g/mol. The predicted molar refractivity (Wildman–Crippen MR) is 43.4 cm³/mol. The van der Waals surface area contributed by atoms with Gasteiger partial charge in [0.05, 0.1) is 11.9 Å². The molecule has 0 unspecified atom stereocenters. The molecule has 66 valence electrons. The number of hydrogen-bond donors (Lipinski definition) is 1. The Morgan fingerprint density at radius 2 is 2.00 bits per heavy atom. The van der Waals surface area contributed by atoms with Crippen LogP contribution in [0.5, 0.6) is 5.75 Å². The minimum Gasteiger partial charge on any atom is -0.504 e. The van der Waals surface area contributed by atoms with Crippen molar-refractivity contribution in [3.63, 3.8) is 0 Å². The van der Waals surface area contributed by atoms with Gasteiger partial charge >= 0.3 is 0 Å². The van der Waals surface area contributed by atoms with Gasteiger partial charge in [-0.15, -0.1) is 10.2 Å². The molecule has 0 spiro atoms. The number of aromatic hydroxyl groups is 1. The van der Waals surface area contributed by atoms with Crippen LogP contribution in [0.15, 0.2) is 18.9 Å². The minimum absolute atomic E-state index is 0.0804. The third-order valence-corrected chi connectivity index (χ3v) is 1.59. The lowest BCUT2D eigenvalue weighted by Gasteiger charge is -2.00. The highest BCUT2D eigenvalue weighted by Crippen LogP contribution is 2.11. The van der Waals surface area contributed by atoms with Crippen LogP contribution < -0.4 is 0 Å². The zero-order valence-corrected chi connectivity index (χ0v) is 6.92. The molecule has 6 heteroatoms. The Kier molecular flexibility index (Phi) is 1.66. The highest BCUT2D eigenvalue weighted by molar-refractivity contribution is 5.25. The predicted octanol–water partition coefficient (Wildman–Crippen LogP) is 0.0713. The van der Waals surface area contributed by atoms with Crippen LogP contribution in [-0.2, 0) is 0 Å². The summed E-state index contributed by atoms with van der Waals surface area (Å²) < 4.78 is 1.56. The van der Waals surface area contributed by atoms with Gasteiger partial charge in [0, 0.05) is 0 Å². The van der Waals surface area contributed by atoms with E-state index in [-0.39, 0.29) is 5.75 Å². The second kappa shape index (κ2) is 2.81. The molecule has 0 saturated heterocycles. The normalized spacial score (nSPS) is 10.2. The molecule has 0 aromatic carbocycles. The van der Waals surface area contributed by atoms with E-state index < -0.39 is 0 Å². The molecule has 0 aliphatic carbocycles. The third-order valence-electron chi connectivity index (χ3n) is 1.59. The van der Waals surface area contributed by atoms with Crippen molar-refractivity contribution in [3.05, 3.63) is 24.5 Å². The summed E-state index contributed by atoms with van der Waals surface area (Å²) in [7, 11) is 0. The molecule has 2 rings (SSSR count). The number of hydrogen-bond acceptors (Lipinski definition) is 5. The van der Waals surface area contributed by atoms with Crippen LogP contribution in [0.2, 0.25) is 0 Å². The van der Waals surface area contributed by atoms with Gasteiger partial charge in [-0.1, -0.05) is 0 Å². The molecule has 0 bridgehead atoms. The second-order valence-corrected chi connectivity index (χ2v) is 2.51. The quantitative estimate of drug-likeness (QED) is 0.667. The van der Waals surface area contributed by atoms with Gasteiger partial charge < -0.3 is 5.11 Å². The molecule has 0 saturated carbocycles. The van der Waals surface area contributed by atoms with Gasteiger partial charge in [-0.3, -0.25) is 4.57 Å². The Morgan fingerprint density at radius 1 is 1.31 bits per heavy atom. The van der Waals surface area contributed by atoms with E-state index in [4.69, 9.17) is 0 Å². The lowest BCUT2D eigenvalue weighted by Crippen LogP contribution is -1.99. The first-order valence-corrected chi connectivity index (χ1v) is 3.65. The second-order valence-electron chi connectivity index (χ2n) is 2.51. The molecule has 2 aromatic rings. The molecule has 1 N–H and O–H groups in total. The van der Waals surface area contributed by atoms with Crippen molar-refractivity contribution in [1.29, 1.82) is 0 Å². The zero-order chi connectivity index (χ0) is 9.26. The summed E-state index contributed by atoms with van der Waals surface area (Å²) in [6.45, 7) is 1.70. The van der Waals surface area contributed by atoms with Gasteiger partial charge in [-0.05, 0) is 6.92 Å². The van der Waals surface area contributed by atoms with E-state index in [1.807, 2.05) is 0 Å². The van der Waals surface area contributed by atoms with E-state index in [0.29, 0.717) is 11.6 Å². The van der Waals surface area contributed by atoms with Crippen LogP contribution in [-0.4, -0.2) is 29.8 Å². The highest BCUT2D eigenvalue weighted by Gasteiger charge is 2.02. The Balaban J connectivity index is 2.49. The molecule has 0 radical (unpaired) electrons. The van der Waals surface area contributed by atoms with Gasteiger partial charge in [0.2, 0.25) is 5.95 Å². The molecule has 13 heavy (non-hydrogen) atoms. The van der Waals surface area contributed by atoms with Crippen LogP contribution in [0.25, 0.3) is 5.95 Å². The summed E-state index contributed by atoms with van der Waals surface area (Å²) >= 11 is 0. The third kappa shape index (κ3) is 1.33. The summed E-state index contributed by atoms with van der Waals surface area (Å²) in [5.41, 5.74) is 0.527. The van der Waals surface area contributed by atoms with Crippen molar-refractivity contribution in [2.24, 2.45) is 0 Å². The maximum absolute atomic E-state index is 9.18. The van der Waals surface area contributed by atoms with Gasteiger partial charge in [-0.25, -0.2) is 9.97 Å². The smallest absolute Gasteiger partial charge is 0.236 e. The first-order valence-electron chi connectivity index (χ1n) is 3.65. The molecule has 2 heterocycles. The Morgan fingerprint density at radius 3 is 2.62 bits per heavy atom. The maximum Gasteiger partial charge on any atom is 0.236 e. The summed E-state index contributed by atoms with van der Waals surface area (Å²) in [6.07, 6.45) is 4.33. The fraction of sp³-hybridized carbons (Fsp3) is 0.143. The van der Waals surface area contributed by atoms with Crippen LogP contribution in [0, 0.1) is 6.92 Å². The zero-order valence-electron chi connectivity index (χ0n) is 6.92. The molecule has 6 nitrogen and oxygen atoms in total. The largest absolute Gasteiger partial charge is 0.504 e. The van der Waals surface area contributed by atoms with Crippen LogP contribution >= 0.6 is 0 Å². The number of aromatic nitrogens is 5. The lowest BCUT2D eigenvalue weighted by atomic mass is 10.4. The molecule has 0 atom stereocenters. The molecule has 2 aromatic heterocycles. The van der Waals surface area contributed by atoms with E-state index in [1.165, 1.54) is 18.9 Å². The molecule has 0 aliphatic rings. The highest BCUT2D eigenvalue weighted by atomic mass is 16.3. The number of nitrogens with zero attached hydrogens (tertiary/aromatic N) is 5. The fourth-order valence-corrected chi connectivity index (χ4v) is 0.877. The monoisotopic (exact) mass is 177 g/mol. The first kappa shape index (κ1) is 7.66. The van der Waals surface area contributed by atoms with Crippen molar-refractivity contribution in [2.45, 2.75) is 6.92 Å². The fourth-order valence-electron chi connectivity index (χ4n) is 0.877. The topological polar surface area (TPSA) is 76.7 Å². The summed E-state index contributed by atoms with van der Waals surface area (Å²) in [5.74, 6) is 0.525. The Labute approximate surface area is 73.9 Å². The first-order chi connectivity index (χ1) is 6.27. The average Bonchev–Trinajstić information content (AvgIpc) is 2.62. The summed E-state index contributed by atoms with van der Waals surface area (Å²) in [6, 6.07) is 0. The summed E-state index contributed by atoms with van der Waals surface area (Å²) in [5, 5.41) is 16.4. The van der Waals surface area contributed by atoms with Gasteiger partial charge in [0.15, 0.2) is 5.75 Å². The van der Waals surface area contributed by atoms with Gasteiger partial charge in [-0.2, -0.15) is 0 Å². The molecular weight excluding hydrogens is 170 g/mol.